The maximum atomic E-state index is 15.3. The summed E-state index contributed by atoms with van der Waals surface area (Å²) >= 11 is 1.83. The Kier molecular flexibility index (Phi) is 6.37. The molecule has 0 aliphatic carbocycles. The molecule has 8 aromatic rings. The van der Waals surface area contributed by atoms with E-state index in [0.29, 0.717) is 0 Å². The highest BCUT2D eigenvalue weighted by Crippen LogP contribution is 2.54. The van der Waals surface area contributed by atoms with Crippen molar-refractivity contribution in [1.29, 1.82) is 0 Å². The van der Waals surface area contributed by atoms with Crippen molar-refractivity contribution in [2.24, 2.45) is 0 Å². The number of hydrogen-bond donors (Lipinski definition) is 0. The van der Waals surface area contributed by atoms with E-state index in [1.54, 1.807) is 0 Å². The van der Waals surface area contributed by atoms with Crippen LogP contribution in [0.2, 0.25) is 0 Å². The summed E-state index contributed by atoms with van der Waals surface area (Å²) in [5.74, 6) is 0. The van der Waals surface area contributed by atoms with Gasteiger partial charge in [0, 0.05) is 58.1 Å². The SMILES string of the molecule is C=C/C(=C\C=C(/C)n1c2ccccc2c2ccc3c(c21)-c1ccccc1P3(=O)c1ccccc1)c1ccc2c(c1)sc1ccccc12. The lowest BCUT2D eigenvalue weighted by atomic mass is 10.0. The summed E-state index contributed by atoms with van der Waals surface area (Å²) in [5.41, 5.74) is 7.62. The lowest BCUT2D eigenvalue weighted by Crippen LogP contribution is -2.20. The van der Waals surface area contributed by atoms with Gasteiger partial charge < -0.3 is 9.13 Å². The van der Waals surface area contributed by atoms with Gasteiger partial charge in [0.25, 0.3) is 0 Å². The standard InChI is InChI=1S/C43H30NOPS/c1-3-29(30-23-24-34-33-16-9-12-20-40(33)47-41(34)27-30)22-21-28(2)44-37-18-10-7-15-32(37)35-25-26-39-42(43(35)44)36-17-8-11-19-38(36)46(39,45)31-13-5-4-6-14-31/h3-27H,1H2,2H3/b28-21+,29-22+. The van der Waals surface area contributed by atoms with E-state index in [2.05, 4.69) is 127 Å². The van der Waals surface area contributed by atoms with Crippen LogP contribution in [0, 0.1) is 0 Å². The smallest absolute Gasteiger partial charge is 0.172 e. The molecule has 0 bridgehead atoms. The Morgan fingerprint density at radius 1 is 0.681 bits per heavy atom. The van der Waals surface area contributed by atoms with Gasteiger partial charge in [-0.3, -0.25) is 0 Å². The van der Waals surface area contributed by atoms with Crippen LogP contribution >= 0.6 is 18.5 Å². The van der Waals surface area contributed by atoms with Crippen LogP contribution in [0.25, 0.3) is 64.4 Å². The molecule has 2 nitrogen and oxygen atoms in total. The molecule has 0 amide bonds. The van der Waals surface area contributed by atoms with Crippen molar-refractivity contribution >= 4 is 87.6 Å². The Hall–Kier alpha value is -5.21. The highest BCUT2D eigenvalue weighted by Gasteiger charge is 2.41. The molecule has 1 aliphatic heterocycles. The highest BCUT2D eigenvalue weighted by molar-refractivity contribution is 7.86. The molecule has 0 spiro atoms. The zero-order chi connectivity index (χ0) is 31.7. The Labute approximate surface area is 277 Å². The van der Waals surface area contributed by atoms with Crippen LogP contribution in [-0.2, 0) is 4.57 Å². The number of benzene rings is 6. The number of nitrogens with zero attached hydrogens (tertiary/aromatic N) is 1. The van der Waals surface area contributed by atoms with Gasteiger partial charge in [-0.05, 0) is 54.0 Å². The first-order chi connectivity index (χ1) is 23.1. The van der Waals surface area contributed by atoms with Gasteiger partial charge in [-0.15, -0.1) is 11.3 Å². The van der Waals surface area contributed by atoms with E-state index >= 15 is 4.57 Å². The molecule has 6 aromatic carbocycles. The summed E-state index contributed by atoms with van der Waals surface area (Å²) in [4.78, 5) is 0. The van der Waals surface area contributed by atoms with Crippen molar-refractivity contribution in [2.75, 3.05) is 0 Å². The van der Waals surface area contributed by atoms with E-state index in [0.717, 1.165) is 60.3 Å². The molecular weight excluding hydrogens is 610 g/mol. The third-order valence-corrected chi connectivity index (χ3v) is 13.9. The molecule has 1 atom stereocenters. The molecule has 2 aromatic heterocycles. The molecule has 0 saturated heterocycles. The van der Waals surface area contributed by atoms with Gasteiger partial charge in [0.2, 0.25) is 0 Å². The van der Waals surface area contributed by atoms with Crippen molar-refractivity contribution in [3.05, 3.63) is 164 Å². The zero-order valence-corrected chi connectivity index (χ0v) is 27.6. The molecule has 0 saturated carbocycles. The van der Waals surface area contributed by atoms with Gasteiger partial charge in [-0.1, -0.05) is 128 Å². The largest absolute Gasteiger partial charge is 0.313 e. The molecule has 0 radical (unpaired) electrons. The number of hydrogen-bond acceptors (Lipinski definition) is 2. The fourth-order valence-electron chi connectivity index (χ4n) is 7.42. The summed E-state index contributed by atoms with van der Waals surface area (Å²) in [5, 5.41) is 7.63. The molecule has 0 N–H and O–H groups in total. The van der Waals surface area contributed by atoms with Gasteiger partial charge in [-0.25, -0.2) is 0 Å². The number of allylic oxidation sites excluding steroid dienone is 5. The second-order valence-electron chi connectivity index (χ2n) is 12.1. The van der Waals surface area contributed by atoms with Crippen molar-refractivity contribution in [3.63, 3.8) is 0 Å². The minimum absolute atomic E-state index is 0.870. The van der Waals surface area contributed by atoms with Crippen LogP contribution < -0.4 is 15.9 Å². The third-order valence-electron chi connectivity index (χ3n) is 9.58. The fraction of sp³-hybridized carbons (Fsp3) is 0.0233. The van der Waals surface area contributed by atoms with Crippen LogP contribution in [0.5, 0.6) is 0 Å². The second kappa shape index (κ2) is 10.7. The van der Waals surface area contributed by atoms with Gasteiger partial charge in [0.1, 0.15) is 0 Å². The van der Waals surface area contributed by atoms with Crippen molar-refractivity contribution in [1.82, 2.24) is 4.57 Å². The summed E-state index contributed by atoms with van der Waals surface area (Å²) in [6.45, 7) is 6.35. The van der Waals surface area contributed by atoms with Crippen LogP contribution in [0.15, 0.2) is 158 Å². The topological polar surface area (TPSA) is 22.0 Å². The molecule has 0 fully saturated rings. The summed E-state index contributed by atoms with van der Waals surface area (Å²) in [6.07, 6.45) is 6.30. The number of para-hydroxylation sites is 1. The van der Waals surface area contributed by atoms with Crippen molar-refractivity contribution in [2.45, 2.75) is 6.92 Å². The molecule has 1 aliphatic rings. The lowest BCUT2D eigenvalue weighted by Gasteiger charge is -2.16. The molecular formula is C43H30NOPS. The van der Waals surface area contributed by atoms with E-state index in [1.165, 1.54) is 25.6 Å². The third kappa shape index (κ3) is 4.07. The second-order valence-corrected chi connectivity index (χ2v) is 15.9. The number of rotatable bonds is 5. The molecule has 47 heavy (non-hydrogen) atoms. The quantitative estimate of drug-likeness (QED) is 0.136. The van der Waals surface area contributed by atoms with Crippen LogP contribution in [0.4, 0.5) is 0 Å². The predicted molar refractivity (Wildman–Crippen MR) is 205 cm³/mol. The van der Waals surface area contributed by atoms with Crippen LogP contribution in [-0.4, -0.2) is 4.57 Å². The van der Waals surface area contributed by atoms with Gasteiger partial charge >= 0.3 is 0 Å². The molecule has 1 unspecified atom stereocenters. The van der Waals surface area contributed by atoms with E-state index in [-0.39, 0.29) is 0 Å². The zero-order valence-electron chi connectivity index (χ0n) is 25.9. The number of fused-ring (bicyclic) bond motifs is 10. The molecule has 4 heteroatoms. The first kappa shape index (κ1) is 28.0. The van der Waals surface area contributed by atoms with Gasteiger partial charge in [0.05, 0.1) is 11.0 Å². The van der Waals surface area contributed by atoms with E-state index in [1.807, 2.05) is 53.8 Å². The summed E-state index contributed by atoms with van der Waals surface area (Å²) in [6, 6.07) is 46.4. The van der Waals surface area contributed by atoms with E-state index in [9.17, 15) is 0 Å². The Balaban J connectivity index is 1.26. The first-order valence-electron chi connectivity index (χ1n) is 15.8. The first-order valence-corrected chi connectivity index (χ1v) is 18.4. The van der Waals surface area contributed by atoms with E-state index < -0.39 is 7.14 Å². The Bertz CT molecular complexity index is 2690. The summed E-state index contributed by atoms with van der Waals surface area (Å²) < 4.78 is 20.2. The van der Waals surface area contributed by atoms with Crippen LogP contribution in [0.3, 0.4) is 0 Å². The van der Waals surface area contributed by atoms with Crippen molar-refractivity contribution in [3.8, 4) is 11.1 Å². The average molecular weight is 640 g/mol. The summed E-state index contributed by atoms with van der Waals surface area (Å²) in [7, 11) is -3.06. The minimum atomic E-state index is -3.06. The molecule has 9 rings (SSSR count). The Morgan fingerprint density at radius 2 is 1.38 bits per heavy atom. The number of aromatic nitrogens is 1. The predicted octanol–water partition coefficient (Wildman–Crippen LogP) is 10.9. The highest BCUT2D eigenvalue weighted by atomic mass is 32.1. The van der Waals surface area contributed by atoms with Gasteiger partial charge in [-0.2, -0.15) is 0 Å². The normalized spacial score (nSPS) is 16.3. The van der Waals surface area contributed by atoms with Gasteiger partial charge in [0.15, 0.2) is 7.14 Å². The maximum Gasteiger partial charge on any atom is 0.172 e. The fourth-order valence-corrected chi connectivity index (χ4v) is 11.6. The lowest BCUT2D eigenvalue weighted by molar-refractivity contribution is 0.593. The Morgan fingerprint density at radius 3 is 2.23 bits per heavy atom. The molecule has 3 heterocycles. The van der Waals surface area contributed by atoms with E-state index in [4.69, 9.17) is 0 Å². The monoisotopic (exact) mass is 639 g/mol. The minimum Gasteiger partial charge on any atom is -0.313 e. The average Bonchev–Trinajstić information content (AvgIpc) is 3.75. The van der Waals surface area contributed by atoms with Crippen LogP contribution in [0.1, 0.15) is 12.5 Å². The number of thiophene rings is 1. The van der Waals surface area contributed by atoms with Crippen molar-refractivity contribution < 1.29 is 4.57 Å². The molecule has 224 valence electrons. The maximum absolute atomic E-state index is 15.3.